The molecule has 1 unspecified atom stereocenters. The first-order chi connectivity index (χ1) is 8.70. The van der Waals surface area contributed by atoms with Crippen LogP contribution in [-0.2, 0) is 6.42 Å². The van der Waals surface area contributed by atoms with Gasteiger partial charge in [-0.25, -0.2) is 0 Å². The van der Waals surface area contributed by atoms with Crippen LogP contribution in [0.1, 0.15) is 17.2 Å². The molecule has 5 heteroatoms. The van der Waals surface area contributed by atoms with Crippen LogP contribution in [-0.4, -0.2) is 4.98 Å². The minimum Gasteiger partial charge on any atom is -0.398 e. The summed E-state index contributed by atoms with van der Waals surface area (Å²) in [6.07, 6.45) is 4.17. The molecule has 2 rings (SSSR count). The van der Waals surface area contributed by atoms with E-state index in [1.807, 2.05) is 24.3 Å². The molecular weight excluding hydrogens is 292 g/mol. The van der Waals surface area contributed by atoms with E-state index in [-0.39, 0.29) is 6.04 Å². The molecule has 0 aliphatic heterocycles. The fourth-order valence-electron chi connectivity index (χ4n) is 1.80. The van der Waals surface area contributed by atoms with Gasteiger partial charge in [-0.1, -0.05) is 28.1 Å². The van der Waals surface area contributed by atoms with E-state index in [0.717, 1.165) is 21.3 Å². The standard InChI is InChI=1S/C13H15BrN4/c14-11-3-1-9(2-4-11)13(18-16)7-10-8-17-6-5-12(10)15/h1-6,8,13,18H,7,16H2,(H2,15,17). The van der Waals surface area contributed by atoms with Gasteiger partial charge in [0.15, 0.2) is 0 Å². The van der Waals surface area contributed by atoms with Crippen molar-refractivity contribution in [3.8, 4) is 0 Å². The first-order valence-corrected chi connectivity index (χ1v) is 6.40. The fraction of sp³-hybridized carbons (Fsp3) is 0.154. The summed E-state index contributed by atoms with van der Waals surface area (Å²) in [6.45, 7) is 0. The second-order valence-corrected chi connectivity index (χ2v) is 4.97. The van der Waals surface area contributed by atoms with Crippen molar-refractivity contribution in [3.05, 3.63) is 58.3 Å². The second-order valence-electron chi connectivity index (χ2n) is 4.05. The normalized spacial score (nSPS) is 12.3. The summed E-state index contributed by atoms with van der Waals surface area (Å²) in [4.78, 5) is 4.08. The Kier molecular flexibility index (Phi) is 4.30. The van der Waals surface area contributed by atoms with Crippen LogP contribution >= 0.6 is 15.9 Å². The highest BCUT2D eigenvalue weighted by Crippen LogP contribution is 2.22. The lowest BCUT2D eigenvalue weighted by molar-refractivity contribution is 0.552. The highest BCUT2D eigenvalue weighted by Gasteiger charge is 2.12. The lowest BCUT2D eigenvalue weighted by Crippen LogP contribution is -2.29. The molecule has 94 valence electrons. The average Bonchev–Trinajstić information content (AvgIpc) is 2.39. The number of benzene rings is 1. The number of hydrogen-bond donors (Lipinski definition) is 3. The number of nitrogens with one attached hydrogen (secondary N) is 1. The summed E-state index contributed by atoms with van der Waals surface area (Å²) in [5.74, 6) is 5.62. The van der Waals surface area contributed by atoms with Crippen LogP contribution in [0.15, 0.2) is 47.2 Å². The van der Waals surface area contributed by atoms with E-state index in [2.05, 4.69) is 26.3 Å². The Labute approximate surface area is 115 Å². The lowest BCUT2D eigenvalue weighted by Gasteiger charge is -2.17. The Morgan fingerprint density at radius 3 is 2.56 bits per heavy atom. The van der Waals surface area contributed by atoms with E-state index in [9.17, 15) is 0 Å². The molecular formula is C13H15BrN4. The van der Waals surface area contributed by atoms with Gasteiger partial charge in [-0.2, -0.15) is 0 Å². The zero-order valence-electron chi connectivity index (χ0n) is 9.81. The molecule has 1 aromatic carbocycles. The Balaban J connectivity index is 2.20. The Morgan fingerprint density at radius 1 is 1.22 bits per heavy atom. The maximum Gasteiger partial charge on any atom is 0.0501 e. The highest BCUT2D eigenvalue weighted by molar-refractivity contribution is 9.10. The number of pyridine rings is 1. The third-order valence-corrected chi connectivity index (χ3v) is 3.37. The molecule has 0 saturated carbocycles. The maximum absolute atomic E-state index is 5.91. The van der Waals surface area contributed by atoms with Gasteiger partial charge < -0.3 is 5.73 Å². The topological polar surface area (TPSA) is 77.0 Å². The number of nitrogens with zero attached hydrogens (tertiary/aromatic N) is 1. The number of hydrazine groups is 1. The van der Waals surface area contributed by atoms with Crippen molar-refractivity contribution in [2.45, 2.75) is 12.5 Å². The van der Waals surface area contributed by atoms with E-state index < -0.39 is 0 Å². The first kappa shape index (κ1) is 13.0. The van der Waals surface area contributed by atoms with Crippen molar-refractivity contribution < 1.29 is 0 Å². The molecule has 1 atom stereocenters. The van der Waals surface area contributed by atoms with Gasteiger partial charge in [0, 0.05) is 22.6 Å². The van der Waals surface area contributed by atoms with E-state index in [4.69, 9.17) is 11.6 Å². The molecule has 0 fully saturated rings. The van der Waals surface area contributed by atoms with Gasteiger partial charge in [-0.15, -0.1) is 0 Å². The van der Waals surface area contributed by atoms with Gasteiger partial charge >= 0.3 is 0 Å². The van der Waals surface area contributed by atoms with Crippen LogP contribution < -0.4 is 17.0 Å². The van der Waals surface area contributed by atoms with Gasteiger partial charge in [0.2, 0.25) is 0 Å². The van der Waals surface area contributed by atoms with Crippen LogP contribution in [0.5, 0.6) is 0 Å². The fourth-order valence-corrected chi connectivity index (χ4v) is 2.06. The zero-order chi connectivity index (χ0) is 13.0. The summed E-state index contributed by atoms with van der Waals surface area (Å²) >= 11 is 3.41. The van der Waals surface area contributed by atoms with E-state index in [1.165, 1.54) is 0 Å². The van der Waals surface area contributed by atoms with Crippen LogP contribution in [0.2, 0.25) is 0 Å². The van der Waals surface area contributed by atoms with Crippen LogP contribution in [0.3, 0.4) is 0 Å². The Bertz CT molecular complexity index is 513. The zero-order valence-corrected chi connectivity index (χ0v) is 11.4. The van der Waals surface area contributed by atoms with Crippen LogP contribution in [0.25, 0.3) is 0 Å². The van der Waals surface area contributed by atoms with E-state index >= 15 is 0 Å². The molecule has 0 aliphatic carbocycles. The molecule has 0 aliphatic rings. The monoisotopic (exact) mass is 306 g/mol. The first-order valence-electron chi connectivity index (χ1n) is 5.60. The molecule has 4 nitrogen and oxygen atoms in total. The molecule has 18 heavy (non-hydrogen) atoms. The van der Waals surface area contributed by atoms with Crippen molar-refractivity contribution in [2.75, 3.05) is 5.73 Å². The van der Waals surface area contributed by atoms with Crippen LogP contribution in [0, 0.1) is 0 Å². The molecule has 1 aromatic heterocycles. The number of halogens is 1. The summed E-state index contributed by atoms with van der Waals surface area (Å²) < 4.78 is 1.04. The number of anilines is 1. The Morgan fingerprint density at radius 2 is 1.94 bits per heavy atom. The number of nitrogens with two attached hydrogens (primary N) is 2. The van der Waals surface area contributed by atoms with Crippen molar-refractivity contribution in [3.63, 3.8) is 0 Å². The molecule has 2 aromatic rings. The van der Waals surface area contributed by atoms with Crippen molar-refractivity contribution in [1.82, 2.24) is 10.4 Å². The largest absolute Gasteiger partial charge is 0.398 e. The van der Waals surface area contributed by atoms with Gasteiger partial charge in [0.25, 0.3) is 0 Å². The summed E-state index contributed by atoms with van der Waals surface area (Å²) in [6, 6.07) is 9.86. The minimum absolute atomic E-state index is 0.0181. The van der Waals surface area contributed by atoms with Crippen molar-refractivity contribution in [1.29, 1.82) is 0 Å². The lowest BCUT2D eigenvalue weighted by atomic mass is 10.00. The van der Waals surface area contributed by atoms with Crippen molar-refractivity contribution in [2.24, 2.45) is 5.84 Å². The maximum atomic E-state index is 5.91. The second kappa shape index (κ2) is 5.95. The molecule has 0 amide bonds. The quantitative estimate of drug-likeness (QED) is 0.597. The molecule has 0 bridgehead atoms. The molecule has 1 heterocycles. The average molecular weight is 307 g/mol. The third-order valence-electron chi connectivity index (χ3n) is 2.84. The Hall–Kier alpha value is -1.43. The van der Waals surface area contributed by atoms with Crippen molar-refractivity contribution >= 4 is 21.6 Å². The number of aromatic nitrogens is 1. The van der Waals surface area contributed by atoms with Gasteiger partial charge in [0.1, 0.15) is 0 Å². The van der Waals surface area contributed by atoms with Gasteiger partial charge in [-0.05, 0) is 35.7 Å². The van der Waals surface area contributed by atoms with Crippen LogP contribution in [0.4, 0.5) is 5.69 Å². The van der Waals surface area contributed by atoms with Gasteiger partial charge in [0.05, 0.1) is 6.04 Å². The molecule has 0 spiro atoms. The van der Waals surface area contributed by atoms with E-state index in [1.54, 1.807) is 18.5 Å². The summed E-state index contributed by atoms with van der Waals surface area (Å²) in [5.41, 5.74) is 11.6. The molecule has 5 N–H and O–H groups in total. The van der Waals surface area contributed by atoms with E-state index in [0.29, 0.717) is 6.42 Å². The summed E-state index contributed by atoms with van der Waals surface area (Å²) in [5, 5.41) is 0. The van der Waals surface area contributed by atoms with Gasteiger partial charge in [-0.3, -0.25) is 16.3 Å². The SMILES string of the molecule is NNC(Cc1cnccc1N)c1ccc(Br)cc1. The molecule has 0 saturated heterocycles. The minimum atomic E-state index is 0.0181. The number of hydrogen-bond acceptors (Lipinski definition) is 4. The molecule has 0 radical (unpaired) electrons. The predicted octanol–water partition coefficient (Wildman–Crippen LogP) is 2.17. The number of rotatable bonds is 4. The number of nitrogen functional groups attached to an aromatic ring is 1. The predicted molar refractivity (Wildman–Crippen MR) is 76.6 cm³/mol. The highest BCUT2D eigenvalue weighted by atomic mass is 79.9. The third kappa shape index (κ3) is 3.07. The summed E-state index contributed by atoms with van der Waals surface area (Å²) in [7, 11) is 0. The smallest absolute Gasteiger partial charge is 0.0501 e.